The van der Waals surface area contributed by atoms with Crippen molar-refractivity contribution in [3.05, 3.63) is 12.2 Å². The zero-order valence-corrected chi connectivity index (χ0v) is 18.6. The summed E-state index contributed by atoms with van der Waals surface area (Å²) in [7, 11) is 4.54. The minimum atomic E-state index is -0.735. The number of nitrogens with one attached hydrogen (secondary N) is 4. The third kappa shape index (κ3) is 13.0. The van der Waals surface area contributed by atoms with Gasteiger partial charge in [-0.05, 0) is 6.42 Å². The Morgan fingerprint density at radius 3 is 1.53 bits per heavy atom. The summed E-state index contributed by atoms with van der Waals surface area (Å²) in [5.41, 5.74) is 0. The van der Waals surface area contributed by atoms with Crippen LogP contribution in [0.2, 0.25) is 0 Å². The summed E-state index contributed by atoms with van der Waals surface area (Å²) < 4.78 is 0. The SMILES string of the molecule is CCCC(NC(C)=O)C(NC(C)=O)C(=O)NC.CN1C(=O)C=CC1=O.CNC(C)=O. The first-order chi connectivity index (χ1) is 13.9. The lowest BCUT2D eigenvalue weighted by molar-refractivity contribution is -0.135. The Morgan fingerprint density at radius 1 is 0.867 bits per heavy atom. The number of carbonyl (C=O) groups is 6. The highest BCUT2D eigenvalue weighted by atomic mass is 16.2. The van der Waals surface area contributed by atoms with Crippen LogP contribution in [0.5, 0.6) is 0 Å². The number of nitrogens with zero attached hydrogens (tertiary/aromatic N) is 1. The molecule has 170 valence electrons. The van der Waals surface area contributed by atoms with Gasteiger partial charge in [0.15, 0.2) is 0 Å². The van der Waals surface area contributed by atoms with E-state index in [1.165, 1.54) is 47.0 Å². The summed E-state index contributed by atoms with van der Waals surface area (Å²) in [6.45, 7) is 6.15. The molecule has 1 rings (SSSR count). The zero-order valence-electron chi connectivity index (χ0n) is 18.6. The third-order valence-corrected chi connectivity index (χ3v) is 3.66. The second-order valence-corrected chi connectivity index (χ2v) is 6.26. The van der Waals surface area contributed by atoms with Crippen molar-refractivity contribution in [1.29, 1.82) is 0 Å². The molecule has 4 N–H and O–H groups in total. The van der Waals surface area contributed by atoms with Crippen molar-refractivity contribution in [3.63, 3.8) is 0 Å². The first-order valence-corrected chi connectivity index (χ1v) is 9.34. The van der Waals surface area contributed by atoms with Crippen molar-refractivity contribution in [2.24, 2.45) is 0 Å². The quantitative estimate of drug-likeness (QED) is 0.392. The number of hydrogen-bond acceptors (Lipinski definition) is 6. The molecule has 1 aliphatic rings. The molecule has 0 aromatic rings. The number of imide groups is 1. The van der Waals surface area contributed by atoms with Gasteiger partial charge in [-0.25, -0.2) is 0 Å². The Bertz CT molecular complexity index is 644. The van der Waals surface area contributed by atoms with Crippen molar-refractivity contribution < 1.29 is 28.8 Å². The maximum absolute atomic E-state index is 11.7. The van der Waals surface area contributed by atoms with Gasteiger partial charge in [0.1, 0.15) is 6.04 Å². The number of amides is 6. The smallest absolute Gasteiger partial charge is 0.253 e. The molecule has 11 heteroatoms. The lowest BCUT2D eigenvalue weighted by Gasteiger charge is -2.26. The first-order valence-electron chi connectivity index (χ1n) is 9.34. The Labute approximate surface area is 177 Å². The summed E-state index contributed by atoms with van der Waals surface area (Å²) in [5, 5.41) is 10.1. The average Bonchev–Trinajstić information content (AvgIpc) is 2.96. The molecule has 6 amide bonds. The summed E-state index contributed by atoms with van der Waals surface area (Å²) in [4.78, 5) is 65.4. The standard InChI is InChI=1S/C11H21N3O3.C5H5NO2.C3H7NO/c1-5-6-9(13-7(2)15)10(11(17)12-4)14-8(3)16;1-6-4(7)2-3-5(6)8;1-3(5)4-2/h9-10H,5-6H2,1-4H3,(H,12,17)(H,13,15)(H,14,16);2-3H,1H3;1-2H3,(H,4,5). The van der Waals surface area contributed by atoms with E-state index >= 15 is 0 Å². The van der Waals surface area contributed by atoms with E-state index in [0.717, 1.165) is 11.3 Å². The molecular formula is C19H33N5O6. The topological polar surface area (TPSA) is 154 Å². The number of hydrogen-bond donors (Lipinski definition) is 4. The maximum Gasteiger partial charge on any atom is 0.253 e. The van der Waals surface area contributed by atoms with Crippen molar-refractivity contribution >= 4 is 35.4 Å². The predicted octanol–water partition coefficient (Wildman–Crippen LogP) is -1.16. The number of rotatable bonds is 6. The Kier molecular flexibility index (Phi) is 15.1. The molecule has 0 bridgehead atoms. The van der Waals surface area contributed by atoms with Crippen LogP contribution < -0.4 is 21.3 Å². The normalized spacial score (nSPS) is 13.6. The van der Waals surface area contributed by atoms with Crippen LogP contribution >= 0.6 is 0 Å². The van der Waals surface area contributed by atoms with Crippen molar-refractivity contribution in [2.45, 2.75) is 52.6 Å². The fourth-order valence-corrected chi connectivity index (χ4v) is 2.09. The maximum atomic E-state index is 11.7. The molecule has 0 spiro atoms. The van der Waals surface area contributed by atoms with Gasteiger partial charge in [0.2, 0.25) is 23.6 Å². The fraction of sp³-hybridized carbons (Fsp3) is 0.579. The summed E-state index contributed by atoms with van der Waals surface area (Å²) in [5.74, 6) is -1.31. The van der Waals surface area contributed by atoms with E-state index in [9.17, 15) is 28.8 Å². The van der Waals surface area contributed by atoms with Crippen LogP contribution in [0.3, 0.4) is 0 Å². The van der Waals surface area contributed by atoms with Crippen molar-refractivity contribution in [2.75, 3.05) is 21.1 Å². The lowest BCUT2D eigenvalue weighted by Crippen LogP contribution is -2.57. The molecule has 0 saturated heterocycles. The van der Waals surface area contributed by atoms with Gasteiger partial charge in [-0.1, -0.05) is 13.3 Å². The van der Waals surface area contributed by atoms with Crippen LogP contribution in [-0.2, 0) is 28.8 Å². The van der Waals surface area contributed by atoms with Crippen LogP contribution in [0.15, 0.2) is 12.2 Å². The highest BCUT2D eigenvalue weighted by Gasteiger charge is 2.28. The van der Waals surface area contributed by atoms with Gasteiger partial charge in [-0.2, -0.15) is 0 Å². The van der Waals surface area contributed by atoms with Crippen molar-refractivity contribution in [3.8, 4) is 0 Å². The molecule has 0 saturated carbocycles. The molecule has 0 aromatic heterocycles. The van der Waals surface area contributed by atoms with Crippen LogP contribution in [0.4, 0.5) is 0 Å². The number of likely N-dealkylation sites (N-methyl/N-ethyl adjacent to an activating group) is 2. The highest BCUT2D eigenvalue weighted by molar-refractivity contribution is 6.12. The molecule has 0 aliphatic carbocycles. The second-order valence-electron chi connectivity index (χ2n) is 6.26. The van der Waals surface area contributed by atoms with Gasteiger partial charge in [0, 0.05) is 54.1 Å². The minimum Gasteiger partial charge on any atom is -0.359 e. The highest BCUT2D eigenvalue weighted by Crippen LogP contribution is 2.04. The van der Waals surface area contributed by atoms with E-state index < -0.39 is 6.04 Å². The van der Waals surface area contributed by atoms with Gasteiger partial charge >= 0.3 is 0 Å². The van der Waals surface area contributed by atoms with Crippen LogP contribution in [-0.4, -0.2) is 73.6 Å². The molecule has 11 nitrogen and oxygen atoms in total. The monoisotopic (exact) mass is 427 g/mol. The Morgan fingerprint density at radius 2 is 1.30 bits per heavy atom. The molecule has 0 fully saturated rings. The van der Waals surface area contributed by atoms with E-state index in [4.69, 9.17) is 0 Å². The molecule has 30 heavy (non-hydrogen) atoms. The summed E-state index contributed by atoms with van der Waals surface area (Å²) in [6.07, 6.45) is 3.93. The lowest BCUT2D eigenvalue weighted by atomic mass is 10.0. The minimum absolute atomic E-state index is 0.00463. The van der Waals surface area contributed by atoms with E-state index in [1.54, 1.807) is 7.05 Å². The van der Waals surface area contributed by atoms with E-state index in [0.29, 0.717) is 6.42 Å². The molecule has 0 radical (unpaired) electrons. The Balaban J connectivity index is 0. The molecule has 1 aliphatic heterocycles. The van der Waals surface area contributed by atoms with E-state index in [2.05, 4.69) is 21.3 Å². The van der Waals surface area contributed by atoms with Crippen molar-refractivity contribution in [1.82, 2.24) is 26.2 Å². The van der Waals surface area contributed by atoms with Crippen LogP contribution in [0, 0.1) is 0 Å². The Hall–Kier alpha value is -3.24. The van der Waals surface area contributed by atoms with Crippen LogP contribution in [0.25, 0.3) is 0 Å². The molecule has 2 atom stereocenters. The van der Waals surface area contributed by atoms with Gasteiger partial charge in [0.25, 0.3) is 11.8 Å². The third-order valence-electron chi connectivity index (χ3n) is 3.66. The number of carbonyl (C=O) groups excluding carboxylic acids is 6. The molecule has 2 unspecified atom stereocenters. The summed E-state index contributed by atoms with van der Waals surface area (Å²) in [6, 6.07) is -1.12. The first kappa shape index (κ1) is 29.0. The van der Waals surface area contributed by atoms with Gasteiger partial charge in [-0.15, -0.1) is 0 Å². The second kappa shape index (κ2) is 15.7. The molecule has 0 aromatic carbocycles. The average molecular weight is 428 g/mol. The van der Waals surface area contributed by atoms with E-state index in [1.807, 2.05) is 6.92 Å². The van der Waals surface area contributed by atoms with Gasteiger partial charge < -0.3 is 21.3 Å². The van der Waals surface area contributed by atoms with E-state index in [-0.39, 0.29) is 41.5 Å². The zero-order chi connectivity index (χ0) is 23.9. The molecular weight excluding hydrogens is 394 g/mol. The summed E-state index contributed by atoms with van der Waals surface area (Å²) >= 11 is 0. The van der Waals surface area contributed by atoms with Gasteiger partial charge in [-0.3, -0.25) is 33.7 Å². The van der Waals surface area contributed by atoms with Crippen LogP contribution in [0.1, 0.15) is 40.5 Å². The fourth-order valence-electron chi connectivity index (χ4n) is 2.09. The largest absolute Gasteiger partial charge is 0.359 e. The predicted molar refractivity (Wildman–Crippen MR) is 111 cm³/mol. The molecule has 1 heterocycles. The van der Waals surface area contributed by atoms with Gasteiger partial charge in [0.05, 0.1) is 6.04 Å².